The molecule has 0 N–H and O–H groups in total. The normalized spacial score (nSPS) is 15.7. The molecule has 0 bridgehead atoms. The van der Waals surface area contributed by atoms with Gasteiger partial charge in [-0.1, -0.05) is 25.0 Å². The van der Waals surface area contributed by atoms with Crippen molar-refractivity contribution in [3.8, 4) is 0 Å². The van der Waals surface area contributed by atoms with Crippen molar-refractivity contribution in [1.29, 1.82) is 0 Å². The number of hydrogen-bond acceptors (Lipinski definition) is 4. The second kappa shape index (κ2) is 9.13. The molecule has 1 aliphatic heterocycles. The van der Waals surface area contributed by atoms with Crippen LogP contribution in [0.4, 0.5) is 0 Å². The maximum Gasteiger partial charge on any atom is 0.254 e. The average Bonchev–Trinajstić information content (AvgIpc) is 2.97. The lowest BCUT2D eigenvalue weighted by atomic mass is 10.1. The van der Waals surface area contributed by atoms with Gasteiger partial charge < -0.3 is 9.47 Å². The van der Waals surface area contributed by atoms with E-state index in [2.05, 4.69) is 41.1 Å². The van der Waals surface area contributed by atoms with Gasteiger partial charge in [-0.15, -0.1) is 10.2 Å². The summed E-state index contributed by atoms with van der Waals surface area (Å²) < 4.78 is 1.99. The zero-order valence-corrected chi connectivity index (χ0v) is 16.8. The number of aromatic nitrogens is 3. The highest BCUT2D eigenvalue weighted by Crippen LogP contribution is 2.15. The van der Waals surface area contributed by atoms with E-state index < -0.39 is 0 Å². The molecule has 0 saturated carbocycles. The van der Waals surface area contributed by atoms with Crippen LogP contribution in [0.15, 0.2) is 30.6 Å². The highest BCUT2D eigenvalue weighted by Gasteiger charge is 2.16. The van der Waals surface area contributed by atoms with Gasteiger partial charge in [0.1, 0.15) is 6.33 Å². The van der Waals surface area contributed by atoms with Crippen molar-refractivity contribution in [3.63, 3.8) is 0 Å². The fraction of sp³-hybridized carbons (Fsp3) is 0.571. The summed E-state index contributed by atoms with van der Waals surface area (Å²) >= 11 is 0. The standard InChI is InChI=1S/C21H31N5O/c1-17(2)26-16-22-23-20(26)15-24(3)21(27)19-10-8-18(9-11-19)14-25-12-6-4-5-7-13-25/h8-11,16-17H,4-7,12-15H2,1-3H3. The molecule has 1 aliphatic rings. The Hall–Kier alpha value is -2.21. The van der Waals surface area contributed by atoms with E-state index in [1.807, 2.05) is 23.7 Å². The third-order valence-corrected chi connectivity index (χ3v) is 5.23. The van der Waals surface area contributed by atoms with Crippen molar-refractivity contribution < 1.29 is 4.79 Å². The van der Waals surface area contributed by atoms with Gasteiger partial charge in [-0.3, -0.25) is 9.69 Å². The second-order valence-electron chi connectivity index (χ2n) is 7.80. The van der Waals surface area contributed by atoms with E-state index in [1.54, 1.807) is 11.2 Å². The van der Waals surface area contributed by atoms with Crippen LogP contribution in [-0.4, -0.2) is 50.6 Å². The number of nitrogens with zero attached hydrogens (tertiary/aromatic N) is 5. The van der Waals surface area contributed by atoms with Crippen LogP contribution >= 0.6 is 0 Å². The summed E-state index contributed by atoms with van der Waals surface area (Å²) in [5.74, 6) is 0.813. The molecule has 6 nitrogen and oxygen atoms in total. The lowest BCUT2D eigenvalue weighted by Crippen LogP contribution is -2.28. The van der Waals surface area contributed by atoms with Crippen molar-refractivity contribution in [3.05, 3.63) is 47.5 Å². The van der Waals surface area contributed by atoms with Gasteiger partial charge in [-0.2, -0.15) is 0 Å². The monoisotopic (exact) mass is 369 g/mol. The smallest absolute Gasteiger partial charge is 0.254 e. The Morgan fingerprint density at radius 1 is 1.11 bits per heavy atom. The molecule has 1 amide bonds. The predicted octanol–water partition coefficient (Wildman–Crippen LogP) is 3.51. The minimum atomic E-state index is 0.00892. The van der Waals surface area contributed by atoms with Crippen LogP contribution in [0, 0.1) is 0 Å². The van der Waals surface area contributed by atoms with E-state index in [0.29, 0.717) is 12.1 Å². The molecule has 0 radical (unpaired) electrons. The maximum atomic E-state index is 12.8. The first kappa shape index (κ1) is 19.5. The van der Waals surface area contributed by atoms with Gasteiger partial charge in [0.15, 0.2) is 5.82 Å². The third kappa shape index (κ3) is 5.16. The molecule has 27 heavy (non-hydrogen) atoms. The first-order chi connectivity index (χ1) is 13.0. The molecule has 1 saturated heterocycles. The quantitative estimate of drug-likeness (QED) is 0.782. The SMILES string of the molecule is CC(C)n1cnnc1CN(C)C(=O)c1ccc(CN2CCCCCC2)cc1. The molecule has 1 aromatic heterocycles. The lowest BCUT2D eigenvalue weighted by molar-refractivity contribution is 0.0779. The zero-order valence-electron chi connectivity index (χ0n) is 16.8. The van der Waals surface area contributed by atoms with Crippen molar-refractivity contribution in [1.82, 2.24) is 24.6 Å². The van der Waals surface area contributed by atoms with Crippen molar-refractivity contribution in [2.24, 2.45) is 0 Å². The lowest BCUT2D eigenvalue weighted by Gasteiger charge is -2.20. The summed E-state index contributed by atoms with van der Waals surface area (Å²) in [4.78, 5) is 17.0. The fourth-order valence-electron chi connectivity index (χ4n) is 3.62. The Kier molecular flexibility index (Phi) is 6.61. The van der Waals surface area contributed by atoms with Crippen molar-refractivity contribution >= 4 is 5.91 Å². The fourth-order valence-corrected chi connectivity index (χ4v) is 3.62. The number of carbonyl (C=O) groups excluding carboxylic acids is 1. The van der Waals surface area contributed by atoms with Crippen LogP contribution < -0.4 is 0 Å². The number of likely N-dealkylation sites (tertiary alicyclic amines) is 1. The Balaban J connectivity index is 1.60. The van der Waals surface area contributed by atoms with Gasteiger partial charge in [-0.25, -0.2) is 0 Å². The molecule has 146 valence electrons. The third-order valence-electron chi connectivity index (χ3n) is 5.23. The molecule has 0 aliphatic carbocycles. The molecule has 2 aromatic rings. The first-order valence-corrected chi connectivity index (χ1v) is 9.99. The molecular formula is C21H31N5O. The van der Waals surface area contributed by atoms with Gasteiger partial charge in [0.05, 0.1) is 6.54 Å². The highest BCUT2D eigenvalue weighted by molar-refractivity contribution is 5.94. The molecule has 2 heterocycles. The summed E-state index contributed by atoms with van der Waals surface area (Å²) in [6.45, 7) is 7.95. The number of carbonyl (C=O) groups is 1. The second-order valence-corrected chi connectivity index (χ2v) is 7.80. The minimum absolute atomic E-state index is 0.00892. The molecular weight excluding hydrogens is 338 g/mol. The van der Waals surface area contributed by atoms with E-state index in [-0.39, 0.29) is 11.9 Å². The Morgan fingerprint density at radius 2 is 1.78 bits per heavy atom. The largest absolute Gasteiger partial charge is 0.334 e. The van der Waals surface area contributed by atoms with Crippen LogP contribution in [0.3, 0.4) is 0 Å². The van der Waals surface area contributed by atoms with Crippen LogP contribution in [0.1, 0.15) is 67.3 Å². The molecule has 0 atom stereocenters. The van der Waals surface area contributed by atoms with Crippen LogP contribution in [0.2, 0.25) is 0 Å². The van der Waals surface area contributed by atoms with E-state index >= 15 is 0 Å². The summed E-state index contributed by atoms with van der Waals surface area (Å²) in [5.41, 5.74) is 1.99. The topological polar surface area (TPSA) is 54.3 Å². The summed E-state index contributed by atoms with van der Waals surface area (Å²) in [7, 11) is 1.81. The maximum absolute atomic E-state index is 12.8. The minimum Gasteiger partial charge on any atom is -0.334 e. The number of benzene rings is 1. The number of rotatable bonds is 6. The van der Waals surface area contributed by atoms with E-state index in [4.69, 9.17) is 0 Å². The van der Waals surface area contributed by atoms with Gasteiger partial charge in [0, 0.05) is 25.2 Å². The van der Waals surface area contributed by atoms with Gasteiger partial charge >= 0.3 is 0 Å². The summed E-state index contributed by atoms with van der Waals surface area (Å²) in [5, 5.41) is 8.13. The van der Waals surface area contributed by atoms with E-state index in [9.17, 15) is 4.79 Å². The highest BCUT2D eigenvalue weighted by atomic mass is 16.2. The van der Waals surface area contributed by atoms with Gasteiger partial charge in [0.2, 0.25) is 0 Å². The molecule has 1 aromatic carbocycles. The van der Waals surface area contributed by atoms with Gasteiger partial charge in [0.25, 0.3) is 5.91 Å². The Morgan fingerprint density at radius 3 is 2.41 bits per heavy atom. The molecule has 0 spiro atoms. The van der Waals surface area contributed by atoms with Crippen molar-refractivity contribution in [2.45, 2.75) is 58.7 Å². The number of amides is 1. The molecule has 3 rings (SSSR count). The summed E-state index contributed by atoms with van der Waals surface area (Å²) in [6.07, 6.45) is 7.00. The van der Waals surface area contributed by atoms with Gasteiger partial charge in [-0.05, 0) is 57.5 Å². The van der Waals surface area contributed by atoms with Crippen LogP contribution in [-0.2, 0) is 13.1 Å². The van der Waals surface area contributed by atoms with Crippen LogP contribution in [0.5, 0.6) is 0 Å². The summed E-state index contributed by atoms with van der Waals surface area (Å²) in [6, 6.07) is 8.33. The molecule has 1 fully saturated rings. The molecule has 6 heteroatoms. The van der Waals surface area contributed by atoms with Crippen LogP contribution in [0.25, 0.3) is 0 Å². The van der Waals surface area contributed by atoms with Crippen molar-refractivity contribution in [2.75, 3.05) is 20.1 Å². The average molecular weight is 370 g/mol. The Bertz CT molecular complexity index is 729. The molecule has 0 unspecified atom stereocenters. The number of hydrogen-bond donors (Lipinski definition) is 0. The zero-order chi connectivity index (χ0) is 19.2. The van der Waals surface area contributed by atoms with E-state index in [0.717, 1.165) is 12.4 Å². The van der Waals surface area contributed by atoms with E-state index in [1.165, 1.54) is 44.3 Å². The Labute approximate surface area is 162 Å². The predicted molar refractivity (Wildman–Crippen MR) is 106 cm³/mol. The first-order valence-electron chi connectivity index (χ1n) is 9.99.